The Morgan fingerprint density at radius 1 is 1.42 bits per heavy atom. The summed E-state index contributed by atoms with van der Waals surface area (Å²) in [5.74, 6) is 0.320. The number of benzene rings is 1. The molecule has 0 spiro atoms. The van der Waals surface area contributed by atoms with Gasteiger partial charge in [-0.2, -0.15) is 11.3 Å². The van der Waals surface area contributed by atoms with Crippen LogP contribution in [0.25, 0.3) is 0 Å². The van der Waals surface area contributed by atoms with Gasteiger partial charge < -0.3 is 15.0 Å². The maximum atomic E-state index is 12.3. The molecule has 126 valence electrons. The van der Waals surface area contributed by atoms with E-state index < -0.39 is 0 Å². The third-order valence-corrected chi connectivity index (χ3v) is 4.89. The second-order valence-electron chi connectivity index (χ2n) is 5.78. The van der Waals surface area contributed by atoms with Crippen LogP contribution in [-0.2, 0) is 16.0 Å². The molecule has 0 aliphatic carbocycles. The average molecular weight is 344 g/mol. The third kappa shape index (κ3) is 3.76. The van der Waals surface area contributed by atoms with E-state index in [1.165, 1.54) is 5.56 Å². The molecule has 1 aromatic carbocycles. The van der Waals surface area contributed by atoms with E-state index in [0.29, 0.717) is 18.8 Å². The van der Waals surface area contributed by atoms with Crippen LogP contribution in [0.15, 0.2) is 41.1 Å². The number of nitrogens with zero attached hydrogens (tertiary/aromatic N) is 1. The van der Waals surface area contributed by atoms with Crippen molar-refractivity contribution in [3.8, 4) is 5.75 Å². The molecule has 2 aromatic rings. The molecule has 1 fully saturated rings. The number of hydrogen-bond donors (Lipinski definition) is 1. The summed E-state index contributed by atoms with van der Waals surface area (Å²) in [5, 5.41) is 7.05. The fourth-order valence-electron chi connectivity index (χ4n) is 2.82. The van der Waals surface area contributed by atoms with Gasteiger partial charge in [-0.15, -0.1) is 0 Å². The van der Waals surface area contributed by atoms with Crippen molar-refractivity contribution in [1.29, 1.82) is 0 Å². The minimum atomic E-state index is -0.300. The number of carbonyl (C=O) groups excluding carboxylic acids is 2. The maximum Gasteiger partial charge on any atom is 0.227 e. The summed E-state index contributed by atoms with van der Waals surface area (Å²) < 4.78 is 5.20. The highest BCUT2D eigenvalue weighted by Crippen LogP contribution is 2.27. The Morgan fingerprint density at radius 2 is 2.29 bits per heavy atom. The van der Waals surface area contributed by atoms with E-state index in [1.54, 1.807) is 23.3 Å². The highest BCUT2D eigenvalue weighted by molar-refractivity contribution is 7.07. The van der Waals surface area contributed by atoms with E-state index in [2.05, 4.69) is 16.8 Å². The second kappa shape index (κ2) is 7.49. The zero-order chi connectivity index (χ0) is 16.9. The van der Waals surface area contributed by atoms with E-state index in [9.17, 15) is 9.59 Å². The molecule has 3 rings (SSSR count). The monoisotopic (exact) mass is 344 g/mol. The molecule has 1 saturated heterocycles. The lowest BCUT2D eigenvalue weighted by molar-refractivity contribution is -0.126. The largest absolute Gasteiger partial charge is 0.497 e. The standard InChI is InChI=1S/C18H20N2O3S/c1-23-16-4-2-3-15(10-16)20-11-14(9-17(20)21)18(22)19-7-5-13-6-8-24-12-13/h2-4,6,8,10,12,14H,5,7,9,11H2,1H3,(H,19,22). The number of rotatable bonds is 6. The minimum Gasteiger partial charge on any atom is -0.497 e. The number of carbonyl (C=O) groups is 2. The normalized spacial score (nSPS) is 17.1. The summed E-state index contributed by atoms with van der Waals surface area (Å²) in [6.45, 7) is 1.01. The molecule has 1 aromatic heterocycles. The summed E-state index contributed by atoms with van der Waals surface area (Å²) >= 11 is 1.65. The Kier molecular flexibility index (Phi) is 5.15. The van der Waals surface area contributed by atoms with Gasteiger partial charge in [-0.25, -0.2) is 0 Å². The second-order valence-corrected chi connectivity index (χ2v) is 6.56. The van der Waals surface area contributed by atoms with E-state index in [4.69, 9.17) is 4.74 Å². The van der Waals surface area contributed by atoms with E-state index >= 15 is 0 Å². The fraction of sp³-hybridized carbons (Fsp3) is 0.333. The van der Waals surface area contributed by atoms with Crippen LogP contribution in [0.1, 0.15) is 12.0 Å². The fourth-order valence-corrected chi connectivity index (χ4v) is 3.52. The van der Waals surface area contributed by atoms with Gasteiger partial charge in [-0.3, -0.25) is 9.59 Å². The predicted octanol–water partition coefficient (Wildman–Crippen LogP) is 2.47. The molecule has 1 N–H and O–H groups in total. The van der Waals surface area contributed by atoms with E-state index in [-0.39, 0.29) is 24.2 Å². The minimum absolute atomic E-state index is 0.0266. The van der Waals surface area contributed by atoms with E-state index in [1.807, 2.05) is 29.6 Å². The molecule has 1 aliphatic rings. The van der Waals surface area contributed by atoms with Crippen molar-refractivity contribution >= 4 is 28.8 Å². The quantitative estimate of drug-likeness (QED) is 0.876. The Bertz CT molecular complexity index is 715. The first-order valence-electron chi connectivity index (χ1n) is 7.90. The van der Waals surface area contributed by atoms with Gasteiger partial charge >= 0.3 is 0 Å². The topological polar surface area (TPSA) is 58.6 Å². The van der Waals surface area contributed by atoms with Crippen LogP contribution in [-0.4, -0.2) is 32.0 Å². The predicted molar refractivity (Wildman–Crippen MR) is 94.5 cm³/mol. The first-order chi connectivity index (χ1) is 11.7. The molecular formula is C18H20N2O3S. The highest BCUT2D eigenvalue weighted by Gasteiger charge is 2.35. The SMILES string of the molecule is COc1cccc(N2CC(C(=O)NCCc3ccsc3)CC2=O)c1. The van der Waals surface area contributed by atoms with Crippen molar-refractivity contribution in [3.63, 3.8) is 0 Å². The van der Waals surface area contributed by atoms with Crippen molar-refractivity contribution in [3.05, 3.63) is 46.7 Å². The number of amides is 2. The average Bonchev–Trinajstić information content (AvgIpc) is 3.24. The van der Waals surface area contributed by atoms with Crippen molar-refractivity contribution < 1.29 is 14.3 Å². The molecule has 2 amide bonds. The van der Waals surface area contributed by atoms with Crippen molar-refractivity contribution in [1.82, 2.24) is 5.32 Å². The van der Waals surface area contributed by atoms with Crippen LogP contribution >= 0.6 is 11.3 Å². The molecule has 1 atom stereocenters. The summed E-state index contributed by atoms with van der Waals surface area (Å²) in [6.07, 6.45) is 1.07. The lowest BCUT2D eigenvalue weighted by Gasteiger charge is -2.17. The first-order valence-corrected chi connectivity index (χ1v) is 8.85. The summed E-state index contributed by atoms with van der Waals surface area (Å²) in [6, 6.07) is 9.40. The molecule has 0 radical (unpaired) electrons. The number of ether oxygens (including phenoxy) is 1. The van der Waals surface area contributed by atoms with Crippen molar-refractivity contribution in [2.45, 2.75) is 12.8 Å². The van der Waals surface area contributed by atoms with Gasteiger partial charge in [-0.05, 0) is 40.9 Å². The van der Waals surface area contributed by atoms with Crippen LogP contribution in [0.5, 0.6) is 5.75 Å². The molecular weight excluding hydrogens is 324 g/mol. The Morgan fingerprint density at radius 3 is 3.04 bits per heavy atom. The Labute approximate surface area is 145 Å². The van der Waals surface area contributed by atoms with Gasteiger partial charge in [0.15, 0.2) is 0 Å². The van der Waals surface area contributed by atoms with Gasteiger partial charge in [0.25, 0.3) is 0 Å². The van der Waals surface area contributed by atoms with Crippen molar-refractivity contribution in [2.75, 3.05) is 25.1 Å². The Hall–Kier alpha value is -2.34. The molecule has 2 heterocycles. The highest BCUT2D eigenvalue weighted by atomic mass is 32.1. The first kappa shape index (κ1) is 16.5. The van der Waals surface area contributed by atoms with Crippen molar-refractivity contribution in [2.24, 2.45) is 5.92 Å². The number of hydrogen-bond acceptors (Lipinski definition) is 4. The van der Waals surface area contributed by atoms with Gasteiger partial charge in [-0.1, -0.05) is 6.07 Å². The smallest absolute Gasteiger partial charge is 0.227 e. The van der Waals surface area contributed by atoms with Crippen LogP contribution in [0, 0.1) is 5.92 Å². The molecule has 0 saturated carbocycles. The van der Waals surface area contributed by atoms with Crippen LogP contribution in [0.4, 0.5) is 5.69 Å². The lowest BCUT2D eigenvalue weighted by atomic mass is 10.1. The van der Waals surface area contributed by atoms with Gasteiger partial charge in [0, 0.05) is 31.3 Å². The van der Waals surface area contributed by atoms with Gasteiger partial charge in [0.1, 0.15) is 5.75 Å². The Balaban J connectivity index is 1.56. The summed E-state index contributed by atoms with van der Waals surface area (Å²) in [4.78, 5) is 26.2. The molecule has 1 unspecified atom stereocenters. The number of anilines is 1. The molecule has 0 bridgehead atoms. The molecule has 6 heteroatoms. The van der Waals surface area contributed by atoms with Gasteiger partial charge in [0.2, 0.25) is 11.8 Å². The lowest BCUT2D eigenvalue weighted by Crippen LogP contribution is -2.34. The number of nitrogens with one attached hydrogen (secondary N) is 1. The molecule has 5 nitrogen and oxygen atoms in total. The summed E-state index contributed by atoms with van der Waals surface area (Å²) in [5.41, 5.74) is 1.99. The zero-order valence-electron chi connectivity index (χ0n) is 13.5. The molecule has 1 aliphatic heterocycles. The number of thiophene rings is 1. The van der Waals surface area contributed by atoms with E-state index in [0.717, 1.165) is 12.1 Å². The van der Waals surface area contributed by atoms with Crippen LogP contribution < -0.4 is 15.0 Å². The summed E-state index contributed by atoms with van der Waals surface area (Å²) in [7, 11) is 1.59. The number of methoxy groups -OCH3 is 1. The van der Waals surface area contributed by atoms with Crippen LogP contribution in [0.3, 0.4) is 0 Å². The van der Waals surface area contributed by atoms with Crippen LogP contribution in [0.2, 0.25) is 0 Å². The zero-order valence-corrected chi connectivity index (χ0v) is 14.3. The molecule has 24 heavy (non-hydrogen) atoms. The van der Waals surface area contributed by atoms with Gasteiger partial charge in [0.05, 0.1) is 13.0 Å². The maximum absolute atomic E-state index is 12.3. The third-order valence-electron chi connectivity index (χ3n) is 4.15.